The van der Waals surface area contributed by atoms with Gasteiger partial charge in [0.1, 0.15) is 0 Å². The molecule has 2 rings (SSSR count). The van der Waals surface area contributed by atoms with Crippen LogP contribution in [0, 0.1) is 11.8 Å². The zero-order valence-electron chi connectivity index (χ0n) is 11.5. The number of rotatable bonds is 4. The molecule has 1 aromatic carbocycles. The van der Waals surface area contributed by atoms with Gasteiger partial charge in [-0.05, 0) is 42.9 Å². The Kier molecular flexibility index (Phi) is 5.44. The van der Waals surface area contributed by atoms with Crippen molar-refractivity contribution in [2.24, 2.45) is 11.8 Å². The van der Waals surface area contributed by atoms with Gasteiger partial charge in [-0.25, -0.2) is 0 Å². The third-order valence-corrected chi connectivity index (χ3v) is 4.68. The summed E-state index contributed by atoms with van der Waals surface area (Å²) >= 11 is 3.39. The van der Waals surface area contributed by atoms with Crippen LogP contribution in [-0.4, -0.2) is 12.5 Å². The van der Waals surface area contributed by atoms with Gasteiger partial charge in [-0.15, -0.1) is 0 Å². The van der Waals surface area contributed by atoms with Crippen LogP contribution in [0.15, 0.2) is 28.7 Å². The molecule has 0 aliphatic heterocycles. The van der Waals surface area contributed by atoms with E-state index in [2.05, 4.69) is 28.2 Å². The van der Waals surface area contributed by atoms with Gasteiger partial charge in [0.05, 0.1) is 0 Å². The zero-order chi connectivity index (χ0) is 13.7. The van der Waals surface area contributed by atoms with E-state index < -0.39 is 0 Å². The normalized spacial score (nSPS) is 23.1. The lowest BCUT2D eigenvalue weighted by Gasteiger charge is -2.27. The van der Waals surface area contributed by atoms with Crippen LogP contribution in [0.2, 0.25) is 0 Å². The number of halogens is 1. The van der Waals surface area contributed by atoms with Crippen LogP contribution < -0.4 is 5.32 Å². The first-order valence-corrected chi connectivity index (χ1v) is 8.02. The summed E-state index contributed by atoms with van der Waals surface area (Å²) in [5.41, 5.74) is 0.733. The molecule has 1 amide bonds. The summed E-state index contributed by atoms with van der Waals surface area (Å²) in [4.78, 5) is 12.0. The summed E-state index contributed by atoms with van der Waals surface area (Å²) in [5.74, 6) is 1.62. The maximum atomic E-state index is 12.0. The standard InChI is InChI=1S/C16H22BrNO/c1-2-12-6-8-13(9-7-12)11-18-16(19)14-4-3-5-15(17)10-14/h3-5,10,12-13H,2,6-9,11H2,1H3,(H,18,19). The summed E-state index contributed by atoms with van der Waals surface area (Å²) in [6, 6.07) is 7.55. The third-order valence-electron chi connectivity index (χ3n) is 4.18. The van der Waals surface area contributed by atoms with E-state index in [1.807, 2.05) is 24.3 Å². The molecule has 2 nitrogen and oxygen atoms in total. The average Bonchev–Trinajstić information content (AvgIpc) is 2.45. The Labute approximate surface area is 124 Å². The van der Waals surface area contributed by atoms with E-state index in [0.29, 0.717) is 5.92 Å². The zero-order valence-corrected chi connectivity index (χ0v) is 13.1. The average molecular weight is 324 g/mol. The predicted molar refractivity (Wildman–Crippen MR) is 82.2 cm³/mol. The first-order chi connectivity index (χ1) is 9.19. The molecule has 0 saturated heterocycles. The second-order valence-corrected chi connectivity index (χ2v) is 6.43. The van der Waals surface area contributed by atoms with Gasteiger partial charge in [0.2, 0.25) is 0 Å². The van der Waals surface area contributed by atoms with Crippen LogP contribution in [0.25, 0.3) is 0 Å². The van der Waals surface area contributed by atoms with Gasteiger partial charge >= 0.3 is 0 Å². The van der Waals surface area contributed by atoms with Crippen molar-refractivity contribution >= 4 is 21.8 Å². The van der Waals surface area contributed by atoms with Crippen LogP contribution in [0.5, 0.6) is 0 Å². The molecule has 1 aliphatic carbocycles. The summed E-state index contributed by atoms with van der Waals surface area (Å²) in [7, 11) is 0. The number of hydrogen-bond donors (Lipinski definition) is 1. The van der Waals surface area contributed by atoms with Crippen LogP contribution in [0.3, 0.4) is 0 Å². The van der Waals surface area contributed by atoms with Gasteiger partial charge in [-0.3, -0.25) is 4.79 Å². The fourth-order valence-corrected chi connectivity index (χ4v) is 3.21. The molecule has 0 unspecified atom stereocenters. The highest BCUT2D eigenvalue weighted by atomic mass is 79.9. The van der Waals surface area contributed by atoms with Gasteiger partial charge in [0.25, 0.3) is 5.91 Å². The van der Waals surface area contributed by atoms with Crippen molar-refractivity contribution in [1.82, 2.24) is 5.32 Å². The molecule has 1 aromatic rings. The number of amides is 1. The largest absolute Gasteiger partial charge is 0.352 e. The van der Waals surface area contributed by atoms with E-state index in [1.165, 1.54) is 32.1 Å². The van der Waals surface area contributed by atoms with Gasteiger partial charge in [0.15, 0.2) is 0 Å². The number of nitrogens with one attached hydrogen (secondary N) is 1. The highest BCUT2D eigenvalue weighted by molar-refractivity contribution is 9.10. The quantitative estimate of drug-likeness (QED) is 0.874. The number of benzene rings is 1. The lowest BCUT2D eigenvalue weighted by atomic mass is 9.81. The van der Waals surface area contributed by atoms with E-state index in [0.717, 1.165) is 22.5 Å². The molecule has 0 heterocycles. The minimum Gasteiger partial charge on any atom is -0.352 e. The predicted octanol–water partition coefficient (Wildman–Crippen LogP) is 4.40. The van der Waals surface area contributed by atoms with Crippen LogP contribution in [-0.2, 0) is 0 Å². The first kappa shape index (κ1) is 14.6. The van der Waals surface area contributed by atoms with E-state index in [1.54, 1.807) is 0 Å². The second kappa shape index (κ2) is 7.09. The lowest BCUT2D eigenvalue weighted by molar-refractivity contribution is 0.0941. The molecule has 1 fully saturated rings. The minimum absolute atomic E-state index is 0.0407. The topological polar surface area (TPSA) is 29.1 Å². The summed E-state index contributed by atoms with van der Waals surface area (Å²) in [5, 5.41) is 3.07. The molecule has 0 atom stereocenters. The maximum Gasteiger partial charge on any atom is 0.251 e. The van der Waals surface area contributed by atoms with Crippen molar-refractivity contribution in [1.29, 1.82) is 0 Å². The SMILES string of the molecule is CCC1CCC(CNC(=O)c2cccc(Br)c2)CC1. The lowest BCUT2D eigenvalue weighted by Crippen LogP contribution is -2.31. The molecular formula is C16H22BrNO. The Morgan fingerprint density at radius 3 is 2.58 bits per heavy atom. The van der Waals surface area contributed by atoms with Crippen molar-refractivity contribution < 1.29 is 4.79 Å². The maximum absolute atomic E-state index is 12.0. The van der Waals surface area contributed by atoms with Gasteiger partial charge in [-0.2, -0.15) is 0 Å². The molecule has 3 heteroatoms. The van der Waals surface area contributed by atoms with Crippen molar-refractivity contribution in [2.45, 2.75) is 39.0 Å². The molecule has 19 heavy (non-hydrogen) atoms. The number of carbonyl (C=O) groups excluding carboxylic acids is 1. The first-order valence-electron chi connectivity index (χ1n) is 7.22. The van der Waals surface area contributed by atoms with Crippen LogP contribution in [0.1, 0.15) is 49.4 Å². The molecular weight excluding hydrogens is 302 g/mol. The minimum atomic E-state index is 0.0407. The number of hydrogen-bond acceptors (Lipinski definition) is 1. The van der Waals surface area contributed by atoms with E-state index in [4.69, 9.17) is 0 Å². The molecule has 104 valence electrons. The van der Waals surface area contributed by atoms with Gasteiger partial charge in [0, 0.05) is 16.6 Å². The van der Waals surface area contributed by atoms with Crippen LogP contribution >= 0.6 is 15.9 Å². The van der Waals surface area contributed by atoms with Crippen molar-refractivity contribution in [2.75, 3.05) is 6.54 Å². The Bertz CT molecular complexity index is 425. The Balaban J connectivity index is 1.78. The second-order valence-electron chi connectivity index (χ2n) is 5.52. The van der Waals surface area contributed by atoms with Gasteiger partial charge < -0.3 is 5.32 Å². The Hall–Kier alpha value is -0.830. The molecule has 0 radical (unpaired) electrons. The van der Waals surface area contributed by atoms with E-state index in [9.17, 15) is 4.79 Å². The molecule has 1 saturated carbocycles. The molecule has 0 bridgehead atoms. The van der Waals surface area contributed by atoms with Crippen molar-refractivity contribution in [3.05, 3.63) is 34.3 Å². The van der Waals surface area contributed by atoms with Crippen LogP contribution in [0.4, 0.5) is 0 Å². The summed E-state index contributed by atoms with van der Waals surface area (Å²) < 4.78 is 0.948. The Morgan fingerprint density at radius 2 is 1.95 bits per heavy atom. The van der Waals surface area contributed by atoms with E-state index >= 15 is 0 Å². The fourth-order valence-electron chi connectivity index (χ4n) is 2.81. The highest BCUT2D eigenvalue weighted by Crippen LogP contribution is 2.30. The molecule has 0 aromatic heterocycles. The fraction of sp³-hybridized carbons (Fsp3) is 0.562. The molecule has 1 N–H and O–H groups in total. The van der Waals surface area contributed by atoms with Gasteiger partial charge in [-0.1, -0.05) is 48.2 Å². The number of carbonyl (C=O) groups is 1. The van der Waals surface area contributed by atoms with Crippen molar-refractivity contribution in [3.8, 4) is 0 Å². The highest BCUT2D eigenvalue weighted by Gasteiger charge is 2.20. The molecule has 1 aliphatic rings. The smallest absolute Gasteiger partial charge is 0.251 e. The summed E-state index contributed by atoms with van der Waals surface area (Å²) in [6.07, 6.45) is 6.48. The summed E-state index contributed by atoms with van der Waals surface area (Å²) in [6.45, 7) is 3.10. The third kappa shape index (κ3) is 4.34. The van der Waals surface area contributed by atoms with E-state index in [-0.39, 0.29) is 5.91 Å². The van der Waals surface area contributed by atoms with Crippen molar-refractivity contribution in [3.63, 3.8) is 0 Å². The Morgan fingerprint density at radius 1 is 1.26 bits per heavy atom. The monoisotopic (exact) mass is 323 g/mol. The molecule has 0 spiro atoms.